The van der Waals surface area contributed by atoms with E-state index in [1.165, 1.54) is 0 Å². The maximum Gasteiger partial charge on any atom is 0.217 e. The fraction of sp³-hybridized carbons (Fsp3) is 0.667. The van der Waals surface area contributed by atoms with E-state index >= 15 is 0 Å². The maximum absolute atomic E-state index is 11.2. The molecule has 13 heavy (non-hydrogen) atoms. The first-order chi connectivity index (χ1) is 5.83. The van der Waals surface area contributed by atoms with Gasteiger partial charge in [0.15, 0.2) is 0 Å². The molecular weight excluding hydrogens is 195 g/mol. The highest BCUT2D eigenvalue weighted by Crippen LogP contribution is 2.41. The van der Waals surface area contributed by atoms with Crippen LogP contribution in [0.25, 0.3) is 0 Å². The Hall–Kier alpha value is -0.870. The predicted octanol–water partition coefficient (Wildman–Crippen LogP) is -0.992. The number of hydrogen-bond donors (Lipinski definition) is 3. The zero-order valence-corrected chi connectivity index (χ0v) is 8.00. The maximum atomic E-state index is 11.2. The zero-order chi connectivity index (χ0) is 10.5. The van der Waals surface area contributed by atoms with Gasteiger partial charge in [0.25, 0.3) is 0 Å². The minimum absolute atomic E-state index is 0.146. The van der Waals surface area contributed by atoms with E-state index in [1.54, 1.807) is 0 Å². The second-order valence-electron chi connectivity index (χ2n) is 2.73. The quantitative estimate of drug-likeness (QED) is 0.484. The highest BCUT2D eigenvalue weighted by Gasteiger charge is 2.19. The van der Waals surface area contributed by atoms with Gasteiger partial charge in [-0.25, -0.2) is 0 Å². The van der Waals surface area contributed by atoms with E-state index in [9.17, 15) is 14.2 Å². The topological polar surface area (TPSA) is 123 Å². The molecular formula is C6H13N2O4P. The Balaban J connectivity index is 3.87. The summed E-state index contributed by atoms with van der Waals surface area (Å²) in [5, 5.41) is 0. The Bertz CT molecular complexity index is 231. The van der Waals surface area contributed by atoms with Gasteiger partial charge in [-0.15, -0.1) is 0 Å². The lowest BCUT2D eigenvalue weighted by Crippen LogP contribution is -2.15. The molecule has 0 fully saturated rings. The van der Waals surface area contributed by atoms with Gasteiger partial charge < -0.3 is 16.4 Å². The van der Waals surface area contributed by atoms with Crippen molar-refractivity contribution in [2.24, 2.45) is 11.5 Å². The van der Waals surface area contributed by atoms with E-state index in [2.05, 4.69) is 0 Å². The molecule has 0 aromatic heterocycles. The molecule has 0 spiro atoms. The molecule has 0 aliphatic carbocycles. The van der Waals surface area contributed by atoms with E-state index in [4.69, 9.17) is 16.4 Å². The van der Waals surface area contributed by atoms with Crippen LogP contribution in [0.3, 0.4) is 0 Å². The molecule has 0 rings (SSSR count). The van der Waals surface area contributed by atoms with E-state index in [1.807, 2.05) is 0 Å². The van der Waals surface area contributed by atoms with E-state index in [-0.39, 0.29) is 25.2 Å². The summed E-state index contributed by atoms with van der Waals surface area (Å²) in [6.07, 6.45) is -0.662. The van der Waals surface area contributed by atoms with Crippen LogP contribution < -0.4 is 11.5 Å². The van der Waals surface area contributed by atoms with Gasteiger partial charge in [-0.2, -0.15) is 0 Å². The molecule has 0 aromatic rings. The number of carbonyl (C=O) groups is 2. The summed E-state index contributed by atoms with van der Waals surface area (Å²) in [5.41, 5.74) is 9.59. The first-order valence-corrected chi connectivity index (χ1v) is 5.74. The molecule has 0 aliphatic rings. The Labute approximate surface area is 75.7 Å². The number of amides is 2. The van der Waals surface area contributed by atoms with E-state index in [0.717, 1.165) is 0 Å². The molecule has 0 heterocycles. The first-order valence-electron chi connectivity index (χ1n) is 3.71. The Morgan fingerprint density at radius 2 is 1.38 bits per heavy atom. The van der Waals surface area contributed by atoms with Crippen LogP contribution in [0.5, 0.6) is 0 Å². The van der Waals surface area contributed by atoms with Crippen molar-refractivity contribution in [2.45, 2.75) is 12.8 Å². The summed E-state index contributed by atoms with van der Waals surface area (Å²) < 4.78 is 11.2. The Kier molecular flexibility index (Phi) is 4.66. The molecule has 0 bridgehead atoms. The fourth-order valence-electron chi connectivity index (χ4n) is 0.682. The number of carbonyl (C=O) groups excluding carboxylic acids is 2. The Morgan fingerprint density at radius 3 is 1.62 bits per heavy atom. The van der Waals surface area contributed by atoms with Gasteiger partial charge >= 0.3 is 0 Å². The molecule has 0 aromatic carbocycles. The van der Waals surface area contributed by atoms with Gasteiger partial charge in [-0.05, 0) is 0 Å². The third kappa shape index (κ3) is 7.49. The van der Waals surface area contributed by atoms with Gasteiger partial charge in [0, 0.05) is 25.2 Å². The number of hydrogen-bond acceptors (Lipinski definition) is 3. The minimum Gasteiger partial charge on any atom is -0.370 e. The Morgan fingerprint density at radius 1 is 1.08 bits per heavy atom. The molecule has 76 valence electrons. The van der Waals surface area contributed by atoms with Crippen LogP contribution in [0.1, 0.15) is 12.8 Å². The van der Waals surface area contributed by atoms with Gasteiger partial charge in [-0.1, -0.05) is 0 Å². The molecule has 0 saturated heterocycles. The second kappa shape index (κ2) is 4.99. The van der Waals surface area contributed by atoms with E-state index < -0.39 is 19.2 Å². The molecule has 0 unspecified atom stereocenters. The summed E-state index contributed by atoms with van der Waals surface area (Å²) in [7, 11) is -3.40. The fourth-order valence-corrected chi connectivity index (χ4v) is 2.04. The summed E-state index contributed by atoms with van der Waals surface area (Å²) in [6, 6.07) is 0. The summed E-state index contributed by atoms with van der Waals surface area (Å²) >= 11 is 0. The number of nitrogens with two attached hydrogens (primary N) is 2. The summed E-state index contributed by atoms with van der Waals surface area (Å²) in [5.74, 6) is -1.26. The lowest BCUT2D eigenvalue weighted by Gasteiger charge is -2.08. The second-order valence-corrected chi connectivity index (χ2v) is 5.31. The average Bonchev–Trinajstić information content (AvgIpc) is 1.98. The molecule has 0 radical (unpaired) electrons. The van der Waals surface area contributed by atoms with Crippen molar-refractivity contribution in [3.05, 3.63) is 0 Å². The minimum atomic E-state index is -3.40. The van der Waals surface area contributed by atoms with Crippen LogP contribution in [0.4, 0.5) is 0 Å². The molecule has 7 heteroatoms. The van der Waals surface area contributed by atoms with Gasteiger partial charge in [0.05, 0.1) is 0 Å². The van der Waals surface area contributed by atoms with Crippen molar-refractivity contribution in [3.8, 4) is 0 Å². The number of primary amides is 2. The van der Waals surface area contributed by atoms with Crippen molar-refractivity contribution in [3.63, 3.8) is 0 Å². The normalized spacial score (nSPS) is 11.2. The van der Waals surface area contributed by atoms with Crippen molar-refractivity contribution >= 4 is 19.2 Å². The highest BCUT2D eigenvalue weighted by molar-refractivity contribution is 7.58. The summed E-state index contributed by atoms with van der Waals surface area (Å²) in [6.45, 7) is 0. The molecule has 0 aliphatic heterocycles. The molecule has 0 saturated carbocycles. The van der Waals surface area contributed by atoms with Gasteiger partial charge in [0.1, 0.15) is 0 Å². The van der Waals surface area contributed by atoms with Crippen LogP contribution in [-0.2, 0) is 14.2 Å². The molecule has 0 atom stereocenters. The van der Waals surface area contributed by atoms with Crippen LogP contribution in [0.2, 0.25) is 0 Å². The third-order valence-corrected chi connectivity index (χ3v) is 3.26. The third-order valence-electron chi connectivity index (χ3n) is 1.42. The van der Waals surface area contributed by atoms with Crippen LogP contribution in [0, 0.1) is 0 Å². The van der Waals surface area contributed by atoms with Crippen molar-refractivity contribution in [2.75, 3.05) is 12.3 Å². The molecule has 2 amide bonds. The average molecular weight is 208 g/mol. The highest BCUT2D eigenvalue weighted by atomic mass is 31.2. The molecule has 5 N–H and O–H groups in total. The lowest BCUT2D eigenvalue weighted by molar-refractivity contribution is -0.118. The zero-order valence-electron chi connectivity index (χ0n) is 7.10. The van der Waals surface area contributed by atoms with E-state index in [0.29, 0.717) is 0 Å². The standard InChI is InChI=1S/C6H13N2O4P/c7-5(9)1-3-13(11,12)4-2-6(8)10/h1-4H2,(H2,7,9)(H2,8,10)(H,11,12). The monoisotopic (exact) mass is 208 g/mol. The van der Waals surface area contributed by atoms with Gasteiger partial charge in [-0.3, -0.25) is 14.2 Å². The van der Waals surface area contributed by atoms with Crippen molar-refractivity contribution < 1.29 is 19.0 Å². The van der Waals surface area contributed by atoms with Crippen molar-refractivity contribution in [1.82, 2.24) is 0 Å². The van der Waals surface area contributed by atoms with Crippen LogP contribution in [0.15, 0.2) is 0 Å². The predicted molar refractivity (Wildman–Crippen MR) is 47.2 cm³/mol. The lowest BCUT2D eigenvalue weighted by atomic mass is 10.5. The summed E-state index contributed by atoms with van der Waals surface area (Å²) in [4.78, 5) is 29.7. The first kappa shape index (κ1) is 12.1. The van der Waals surface area contributed by atoms with Crippen LogP contribution >= 0.6 is 7.37 Å². The van der Waals surface area contributed by atoms with Crippen molar-refractivity contribution in [1.29, 1.82) is 0 Å². The molecule has 6 nitrogen and oxygen atoms in total. The largest absolute Gasteiger partial charge is 0.370 e. The SMILES string of the molecule is NC(=O)CCP(=O)(O)CCC(N)=O. The number of rotatable bonds is 6. The van der Waals surface area contributed by atoms with Crippen LogP contribution in [-0.4, -0.2) is 29.0 Å². The smallest absolute Gasteiger partial charge is 0.217 e. The van der Waals surface area contributed by atoms with Gasteiger partial charge in [0.2, 0.25) is 19.2 Å².